The van der Waals surface area contributed by atoms with Crippen molar-refractivity contribution in [2.75, 3.05) is 13.1 Å². The van der Waals surface area contributed by atoms with Crippen molar-refractivity contribution < 1.29 is 13.5 Å². The van der Waals surface area contributed by atoms with E-state index < -0.39 is 10.0 Å². The van der Waals surface area contributed by atoms with Crippen LogP contribution in [0.1, 0.15) is 43.2 Å². The van der Waals surface area contributed by atoms with Crippen LogP contribution in [0.5, 0.6) is 0 Å². The van der Waals surface area contributed by atoms with E-state index in [1.165, 1.54) is 6.42 Å². The molecule has 2 rings (SSSR count). The zero-order valence-electron chi connectivity index (χ0n) is 12.3. The molecule has 0 spiro atoms. The molecular formula is C15H22BrNO3S. The maximum Gasteiger partial charge on any atom is 0.243 e. The van der Waals surface area contributed by atoms with E-state index in [1.807, 2.05) is 0 Å². The molecule has 1 aliphatic rings. The van der Waals surface area contributed by atoms with Gasteiger partial charge < -0.3 is 5.11 Å². The number of hydrogen-bond donors (Lipinski definition) is 1. The minimum absolute atomic E-state index is 0.165. The SMILES string of the molecule is Cc1c(Br)cc(CO)cc1S(=O)(=O)N1CCCCCCC1. The molecule has 0 aliphatic carbocycles. The van der Waals surface area contributed by atoms with Crippen LogP contribution >= 0.6 is 15.9 Å². The third-order valence-corrected chi connectivity index (χ3v) is 6.82. The van der Waals surface area contributed by atoms with Crippen molar-refractivity contribution in [3.8, 4) is 0 Å². The summed E-state index contributed by atoms with van der Waals surface area (Å²) in [5.41, 5.74) is 1.31. The van der Waals surface area contributed by atoms with Gasteiger partial charge in [0.1, 0.15) is 0 Å². The minimum Gasteiger partial charge on any atom is -0.392 e. The lowest BCUT2D eigenvalue weighted by Gasteiger charge is -2.25. The van der Waals surface area contributed by atoms with Gasteiger partial charge in [0.15, 0.2) is 0 Å². The lowest BCUT2D eigenvalue weighted by molar-refractivity contribution is 0.281. The molecule has 1 aromatic rings. The highest BCUT2D eigenvalue weighted by molar-refractivity contribution is 9.10. The van der Waals surface area contributed by atoms with E-state index in [1.54, 1.807) is 23.4 Å². The van der Waals surface area contributed by atoms with Gasteiger partial charge >= 0.3 is 0 Å². The highest BCUT2D eigenvalue weighted by atomic mass is 79.9. The smallest absolute Gasteiger partial charge is 0.243 e. The van der Waals surface area contributed by atoms with E-state index >= 15 is 0 Å². The lowest BCUT2D eigenvalue weighted by atomic mass is 10.1. The number of hydrogen-bond acceptors (Lipinski definition) is 3. The van der Waals surface area contributed by atoms with E-state index in [-0.39, 0.29) is 6.61 Å². The van der Waals surface area contributed by atoms with Gasteiger partial charge in [-0.25, -0.2) is 8.42 Å². The topological polar surface area (TPSA) is 57.6 Å². The number of halogens is 1. The zero-order chi connectivity index (χ0) is 15.5. The summed E-state index contributed by atoms with van der Waals surface area (Å²) in [6.45, 7) is 2.80. The van der Waals surface area contributed by atoms with Gasteiger partial charge in [-0.3, -0.25) is 0 Å². The van der Waals surface area contributed by atoms with Crippen molar-refractivity contribution in [1.82, 2.24) is 4.31 Å². The molecule has 4 nitrogen and oxygen atoms in total. The van der Waals surface area contributed by atoms with E-state index in [4.69, 9.17) is 0 Å². The summed E-state index contributed by atoms with van der Waals surface area (Å²) >= 11 is 3.39. The number of rotatable bonds is 3. The molecule has 118 valence electrons. The Morgan fingerprint density at radius 2 is 1.71 bits per heavy atom. The van der Waals surface area contributed by atoms with Gasteiger partial charge in [-0.1, -0.05) is 35.2 Å². The van der Waals surface area contributed by atoms with Crippen LogP contribution < -0.4 is 0 Å². The quantitative estimate of drug-likeness (QED) is 0.882. The van der Waals surface area contributed by atoms with Crippen LogP contribution in [0.3, 0.4) is 0 Å². The molecule has 0 saturated carbocycles. The van der Waals surface area contributed by atoms with E-state index in [9.17, 15) is 13.5 Å². The van der Waals surface area contributed by atoms with Crippen molar-refractivity contribution in [1.29, 1.82) is 0 Å². The Balaban J connectivity index is 2.40. The second-order valence-electron chi connectivity index (χ2n) is 5.53. The van der Waals surface area contributed by atoms with Crippen LogP contribution in [-0.2, 0) is 16.6 Å². The molecule has 1 N–H and O–H groups in total. The maximum atomic E-state index is 12.9. The zero-order valence-corrected chi connectivity index (χ0v) is 14.7. The van der Waals surface area contributed by atoms with Gasteiger partial charge in [0, 0.05) is 17.6 Å². The Morgan fingerprint density at radius 3 is 2.29 bits per heavy atom. The molecule has 1 aliphatic heterocycles. The van der Waals surface area contributed by atoms with Gasteiger partial charge in [0.05, 0.1) is 11.5 Å². The Kier molecular flexibility index (Phi) is 5.82. The van der Waals surface area contributed by atoms with Crippen LogP contribution in [0.2, 0.25) is 0 Å². The molecule has 0 radical (unpaired) electrons. The number of aliphatic hydroxyl groups is 1. The molecule has 1 heterocycles. The van der Waals surface area contributed by atoms with E-state index in [0.29, 0.717) is 29.1 Å². The molecule has 6 heteroatoms. The van der Waals surface area contributed by atoms with Crippen LogP contribution in [0.4, 0.5) is 0 Å². The van der Waals surface area contributed by atoms with Gasteiger partial charge in [0.25, 0.3) is 0 Å². The number of sulfonamides is 1. The van der Waals surface area contributed by atoms with Crippen LogP contribution in [-0.4, -0.2) is 30.9 Å². The monoisotopic (exact) mass is 375 g/mol. The Bertz CT molecular complexity index is 593. The van der Waals surface area contributed by atoms with Crippen LogP contribution in [0, 0.1) is 6.92 Å². The molecule has 0 bridgehead atoms. The first-order chi connectivity index (χ1) is 9.96. The van der Waals surface area contributed by atoms with Gasteiger partial charge in [0.2, 0.25) is 10.0 Å². The molecule has 1 fully saturated rings. The standard InChI is InChI=1S/C15H22BrNO3S/c1-12-14(16)9-13(11-18)10-15(12)21(19,20)17-7-5-3-2-4-6-8-17/h9-10,18H,2-8,11H2,1H3. The largest absolute Gasteiger partial charge is 0.392 e. The second-order valence-corrected chi connectivity index (χ2v) is 8.29. The predicted molar refractivity (Wildman–Crippen MR) is 86.6 cm³/mol. The summed E-state index contributed by atoms with van der Waals surface area (Å²) in [7, 11) is -3.50. The molecule has 21 heavy (non-hydrogen) atoms. The molecule has 0 unspecified atom stereocenters. The maximum absolute atomic E-state index is 12.9. The van der Waals surface area contributed by atoms with Gasteiger partial charge in [-0.2, -0.15) is 4.31 Å². The van der Waals surface area contributed by atoms with E-state index in [2.05, 4.69) is 15.9 Å². The van der Waals surface area contributed by atoms with Crippen LogP contribution in [0.25, 0.3) is 0 Å². The van der Waals surface area contributed by atoms with Crippen molar-refractivity contribution in [3.63, 3.8) is 0 Å². The fourth-order valence-corrected chi connectivity index (χ4v) is 5.12. The molecule has 1 saturated heterocycles. The second kappa shape index (κ2) is 7.22. The summed E-state index contributed by atoms with van der Waals surface area (Å²) in [5, 5.41) is 9.31. The molecule has 1 aromatic carbocycles. The average molecular weight is 376 g/mol. The number of benzene rings is 1. The summed E-state index contributed by atoms with van der Waals surface area (Å²) < 4.78 is 28.2. The molecule has 0 atom stereocenters. The normalized spacial score (nSPS) is 18.2. The highest BCUT2D eigenvalue weighted by Crippen LogP contribution is 2.29. The number of aliphatic hydroxyl groups excluding tert-OH is 1. The first-order valence-corrected chi connectivity index (χ1v) is 9.60. The Hall–Kier alpha value is -0.430. The van der Waals surface area contributed by atoms with Crippen molar-refractivity contribution in [2.24, 2.45) is 0 Å². The summed E-state index contributed by atoms with van der Waals surface area (Å²) in [5.74, 6) is 0. The minimum atomic E-state index is -3.50. The lowest BCUT2D eigenvalue weighted by Crippen LogP contribution is -2.34. The Labute approximate surface area is 135 Å². The third kappa shape index (κ3) is 3.86. The first kappa shape index (κ1) is 16.9. The Morgan fingerprint density at radius 1 is 1.14 bits per heavy atom. The van der Waals surface area contributed by atoms with Crippen molar-refractivity contribution in [2.45, 2.75) is 50.5 Å². The third-order valence-electron chi connectivity index (χ3n) is 3.97. The van der Waals surface area contributed by atoms with Crippen molar-refractivity contribution >= 4 is 26.0 Å². The fourth-order valence-electron chi connectivity index (χ4n) is 2.66. The summed E-state index contributed by atoms with van der Waals surface area (Å²) in [6.07, 6.45) is 5.20. The summed E-state index contributed by atoms with van der Waals surface area (Å²) in [4.78, 5) is 0.307. The molecule has 0 amide bonds. The summed E-state index contributed by atoms with van der Waals surface area (Å²) in [6, 6.07) is 3.36. The molecule has 0 aromatic heterocycles. The molecular weight excluding hydrogens is 354 g/mol. The number of nitrogens with zero attached hydrogens (tertiary/aromatic N) is 1. The van der Waals surface area contributed by atoms with E-state index in [0.717, 1.165) is 30.2 Å². The first-order valence-electron chi connectivity index (χ1n) is 7.37. The average Bonchev–Trinajstić information content (AvgIpc) is 2.40. The van der Waals surface area contributed by atoms with Gasteiger partial charge in [-0.05, 0) is 43.0 Å². The predicted octanol–water partition coefficient (Wildman–Crippen LogP) is 3.20. The fraction of sp³-hybridized carbons (Fsp3) is 0.600. The van der Waals surface area contributed by atoms with Gasteiger partial charge in [-0.15, -0.1) is 0 Å². The van der Waals surface area contributed by atoms with Crippen LogP contribution in [0.15, 0.2) is 21.5 Å². The highest BCUT2D eigenvalue weighted by Gasteiger charge is 2.27. The van der Waals surface area contributed by atoms with Crippen molar-refractivity contribution in [3.05, 3.63) is 27.7 Å².